The fraction of sp³-hybridized carbons (Fsp3) is 0.511. The van der Waals surface area contributed by atoms with Crippen molar-refractivity contribution < 1.29 is 105 Å². The molecule has 69 heavy (non-hydrogen) atoms. The molecule has 2 aromatic carbocycles. The molecule has 3 N–H and O–H groups in total. The Morgan fingerprint density at radius 2 is 0.986 bits per heavy atom. The van der Waals surface area contributed by atoms with Crippen molar-refractivity contribution in [2.45, 2.75) is 128 Å². The van der Waals surface area contributed by atoms with Gasteiger partial charge in [-0.1, -0.05) is 48.5 Å². The standard InChI is InChI=1S/C45H52N2O22/c1-20(48)59-18-33-37(69-44-41(66-26(7)54)39(64-24(5)52)36(62-22(3)50)34(68-44)19-60-21(2)49)38(63-23(4)51)40(65-25(6)53)42(67-33)47-35(55)16-32(43(56)57)46-45(58)61-17-31-29-14-10-8-12-27(29)28-13-9-11-15-30(28)31/h8-15,31-34,36-42,44H,16-19H2,1-7H3,(H,46,58)(H,47,55)(H,56,57)/t32-,33+,34+,36-,37+,38-,39-,40+,41+,42+,44-/m0/s1. The predicted octanol–water partition coefficient (Wildman–Crippen LogP) is 1.10. The Morgan fingerprint density at radius 1 is 0.536 bits per heavy atom. The van der Waals surface area contributed by atoms with Crippen molar-refractivity contribution in [3.05, 3.63) is 59.7 Å². The lowest BCUT2D eigenvalue weighted by molar-refractivity contribution is -0.345. The second-order valence-corrected chi connectivity index (χ2v) is 15.8. The highest BCUT2D eigenvalue weighted by molar-refractivity contribution is 5.87. The van der Waals surface area contributed by atoms with Crippen molar-refractivity contribution in [1.29, 1.82) is 0 Å². The molecule has 0 unspecified atom stereocenters. The van der Waals surface area contributed by atoms with Gasteiger partial charge >= 0.3 is 53.8 Å². The van der Waals surface area contributed by atoms with E-state index >= 15 is 0 Å². The summed E-state index contributed by atoms with van der Waals surface area (Å²) in [7, 11) is 0. The summed E-state index contributed by atoms with van der Waals surface area (Å²) in [5.41, 5.74) is 3.67. The molecule has 0 saturated carbocycles. The van der Waals surface area contributed by atoms with E-state index in [-0.39, 0.29) is 12.5 Å². The third-order valence-corrected chi connectivity index (χ3v) is 10.6. The zero-order chi connectivity index (χ0) is 50.7. The van der Waals surface area contributed by atoms with Crippen LogP contribution in [0.2, 0.25) is 0 Å². The number of carboxylic acids is 1. The average Bonchev–Trinajstić information content (AvgIpc) is 3.57. The summed E-state index contributed by atoms with van der Waals surface area (Å²) in [6, 6.07) is 13.1. The number of amides is 2. The molecular formula is C45H52N2O22. The Balaban J connectivity index is 1.42. The molecule has 374 valence electrons. The SMILES string of the molecule is CC(=O)OC[C@H]1O[C@@H](O[C@H]2[C@H](OC(C)=O)[C@@H](OC(C)=O)[C@H](NC(=O)C[C@H](NC(=O)OCC3c4ccccc4-c4ccccc43)C(=O)O)O[C@@H]2COC(C)=O)[C@H](OC(C)=O)[C@@H](OC(C)=O)[C@H]1OC(C)=O. The Kier molecular flexibility index (Phi) is 18.1. The van der Waals surface area contributed by atoms with Gasteiger partial charge in [0.2, 0.25) is 5.91 Å². The smallest absolute Gasteiger partial charge is 0.407 e. The van der Waals surface area contributed by atoms with Gasteiger partial charge in [0.25, 0.3) is 0 Å². The fourth-order valence-electron chi connectivity index (χ4n) is 8.01. The van der Waals surface area contributed by atoms with Crippen LogP contribution >= 0.6 is 0 Å². The van der Waals surface area contributed by atoms with Crippen LogP contribution in [-0.4, -0.2) is 152 Å². The molecule has 0 spiro atoms. The highest BCUT2D eigenvalue weighted by Crippen LogP contribution is 2.44. The summed E-state index contributed by atoms with van der Waals surface area (Å²) in [6.07, 6.45) is -19.9. The highest BCUT2D eigenvalue weighted by atomic mass is 16.8. The second-order valence-electron chi connectivity index (χ2n) is 15.8. The van der Waals surface area contributed by atoms with Crippen LogP contribution in [-0.2, 0) is 95.3 Å². The summed E-state index contributed by atoms with van der Waals surface area (Å²) in [4.78, 5) is 126. The van der Waals surface area contributed by atoms with Crippen LogP contribution in [0.15, 0.2) is 48.5 Å². The maximum absolute atomic E-state index is 13.7. The minimum atomic E-state index is -1.96. The van der Waals surface area contributed by atoms with E-state index < -0.39 is 147 Å². The van der Waals surface area contributed by atoms with Crippen LogP contribution in [0.3, 0.4) is 0 Å². The molecule has 2 amide bonds. The number of esters is 7. The molecule has 2 fully saturated rings. The maximum atomic E-state index is 13.7. The summed E-state index contributed by atoms with van der Waals surface area (Å²) < 4.78 is 61.7. The van der Waals surface area contributed by atoms with Crippen molar-refractivity contribution in [3.63, 3.8) is 0 Å². The zero-order valence-electron chi connectivity index (χ0n) is 38.4. The van der Waals surface area contributed by atoms with E-state index in [2.05, 4.69) is 10.6 Å². The number of fused-ring (bicyclic) bond motifs is 3. The van der Waals surface area contributed by atoms with Crippen molar-refractivity contribution in [2.24, 2.45) is 0 Å². The molecule has 2 saturated heterocycles. The van der Waals surface area contributed by atoms with E-state index in [9.17, 15) is 53.1 Å². The summed E-state index contributed by atoms with van der Waals surface area (Å²) >= 11 is 0. The third kappa shape index (κ3) is 14.2. The van der Waals surface area contributed by atoms with Crippen molar-refractivity contribution in [2.75, 3.05) is 19.8 Å². The van der Waals surface area contributed by atoms with Crippen molar-refractivity contribution in [3.8, 4) is 11.1 Å². The lowest BCUT2D eigenvalue weighted by Crippen LogP contribution is -2.69. The summed E-state index contributed by atoms with van der Waals surface area (Å²) in [6.45, 7) is 5.33. The lowest BCUT2D eigenvalue weighted by atomic mass is 9.95. The number of carbonyl (C=O) groups is 10. The first kappa shape index (κ1) is 52.8. The van der Waals surface area contributed by atoms with Crippen LogP contribution in [0.5, 0.6) is 0 Å². The van der Waals surface area contributed by atoms with Crippen molar-refractivity contribution in [1.82, 2.24) is 10.6 Å². The van der Waals surface area contributed by atoms with Crippen LogP contribution in [0.25, 0.3) is 11.1 Å². The van der Waals surface area contributed by atoms with E-state index in [0.29, 0.717) is 0 Å². The van der Waals surface area contributed by atoms with E-state index in [0.717, 1.165) is 70.7 Å². The molecule has 24 nitrogen and oxygen atoms in total. The Hall–Kier alpha value is -7.18. The van der Waals surface area contributed by atoms with Gasteiger partial charge in [-0.25, -0.2) is 9.59 Å². The molecule has 24 heteroatoms. The number of alkyl carbamates (subject to hydrolysis) is 1. The Labute approximate surface area is 393 Å². The number of hydrogen-bond donors (Lipinski definition) is 3. The molecule has 3 aliphatic rings. The number of ether oxygens (including phenoxy) is 11. The normalized spacial score (nSPS) is 25.1. The first-order chi connectivity index (χ1) is 32.6. The van der Waals surface area contributed by atoms with Crippen LogP contribution < -0.4 is 10.6 Å². The Morgan fingerprint density at radius 3 is 1.48 bits per heavy atom. The highest BCUT2D eigenvalue weighted by Gasteiger charge is 2.57. The first-order valence-electron chi connectivity index (χ1n) is 21.4. The molecule has 0 radical (unpaired) electrons. The van der Waals surface area contributed by atoms with Gasteiger partial charge < -0.3 is 67.8 Å². The van der Waals surface area contributed by atoms with Gasteiger partial charge in [-0.05, 0) is 22.3 Å². The van der Waals surface area contributed by atoms with Crippen molar-refractivity contribution >= 4 is 59.8 Å². The largest absolute Gasteiger partial charge is 0.480 e. The number of benzene rings is 2. The van der Waals surface area contributed by atoms with Crippen LogP contribution in [0.1, 0.15) is 71.9 Å². The van der Waals surface area contributed by atoms with Crippen LogP contribution in [0, 0.1) is 0 Å². The molecule has 2 aliphatic heterocycles. The number of hydrogen-bond acceptors (Lipinski definition) is 21. The van der Waals surface area contributed by atoms with E-state index in [1.807, 2.05) is 48.5 Å². The van der Waals surface area contributed by atoms with Gasteiger partial charge in [-0.15, -0.1) is 0 Å². The average molecular weight is 973 g/mol. The van der Waals surface area contributed by atoms with E-state index in [4.69, 9.17) is 52.1 Å². The molecular weight excluding hydrogens is 920 g/mol. The number of rotatable bonds is 18. The van der Waals surface area contributed by atoms with E-state index in [1.54, 1.807) is 0 Å². The minimum absolute atomic E-state index is 0.180. The molecule has 2 aromatic rings. The van der Waals surface area contributed by atoms with Gasteiger partial charge in [0.15, 0.2) is 43.0 Å². The fourth-order valence-corrected chi connectivity index (χ4v) is 8.01. The van der Waals surface area contributed by atoms with Gasteiger partial charge in [-0.3, -0.25) is 38.4 Å². The number of carbonyl (C=O) groups excluding carboxylic acids is 9. The minimum Gasteiger partial charge on any atom is -0.480 e. The van der Waals surface area contributed by atoms with Gasteiger partial charge in [-0.2, -0.15) is 0 Å². The number of aliphatic carboxylic acids is 1. The molecule has 5 rings (SSSR count). The molecule has 2 heterocycles. The number of carboxylic acid groups (broad SMARTS) is 1. The van der Waals surface area contributed by atoms with Gasteiger partial charge in [0, 0.05) is 54.4 Å². The molecule has 1 aliphatic carbocycles. The third-order valence-electron chi connectivity index (χ3n) is 10.6. The van der Waals surface area contributed by atoms with Gasteiger partial charge in [0.1, 0.15) is 44.2 Å². The molecule has 0 bridgehead atoms. The zero-order valence-corrected chi connectivity index (χ0v) is 38.4. The quantitative estimate of drug-likeness (QED) is 0.139. The van der Waals surface area contributed by atoms with Gasteiger partial charge in [0.05, 0.1) is 6.42 Å². The topological polar surface area (TPSA) is 317 Å². The summed E-state index contributed by atoms with van der Waals surface area (Å²) in [5.74, 6) is -9.82. The monoisotopic (exact) mass is 972 g/mol. The second kappa shape index (κ2) is 23.7. The molecule has 0 aromatic heterocycles. The first-order valence-corrected chi connectivity index (χ1v) is 21.4. The number of nitrogens with one attached hydrogen (secondary N) is 2. The van der Waals surface area contributed by atoms with E-state index in [1.165, 1.54) is 0 Å². The molecule has 11 atom stereocenters. The predicted molar refractivity (Wildman–Crippen MR) is 226 cm³/mol. The maximum Gasteiger partial charge on any atom is 0.407 e. The van der Waals surface area contributed by atoms with Crippen LogP contribution in [0.4, 0.5) is 4.79 Å². The summed E-state index contributed by atoms with van der Waals surface area (Å²) in [5, 5.41) is 14.6. The Bertz CT molecular complexity index is 2240. The lowest BCUT2D eigenvalue weighted by Gasteiger charge is -2.48.